The van der Waals surface area contributed by atoms with Crippen LogP contribution in [-0.2, 0) is 15.9 Å². The molecule has 0 aromatic heterocycles. The number of alkyl halides is 2. The summed E-state index contributed by atoms with van der Waals surface area (Å²) in [6.45, 7) is 0.619. The van der Waals surface area contributed by atoms with Gasteiger partial charge in [-0.3, -0.25) is 9.52 Å². The van der Waals surface area contributed by atoms with Gasteiger partial charge in [-0.05, 0) is 24.3 Å². The molecule has 0 aliphatic rings. The van der Waals surface area contributed by atoms with Gasteiger partial charge >= 0.3 is 0 Å². The summed E-state index contributed by atoms with van der Waals surface area (Å²) in [6.07, 6.45) is 0. The van der Waals surface area contributed by atoms with Crippen LogP contribution < -0.4 is 4.72 Å². The highest BCUT2D eigenvalue weighted by Crippen LogP contribution is 2.34. The quantitative estimate of drug-likeness (QED) is 0.521. The first kappa shape index (κ1) is 21.0. The van der Waals surface area contributed by atoms with Crippen LogP contribution in [0.5, 0.6) is 0 Å². The molecule has 3 aromatic rings. The van der Waals surface area contributed by atoms with Gasteiger partial charge in [-0.15, -0.1) is 0 Å². The average molecular weight is 436 g/mol. The third-order valence-corrected chi connectivity index (χ3v) is 5.81. The average Bonchev–Trinajstić information content (AvgIpc) is 2.69. The predicted octanol–water partition coefficient (Wildman–Crippen LogP) is 5.48. The summed E-state index contributed by atoms with van der Waals surface area (Å²) in [6, 6.07) is 17.1. The maximum atomic E-state index is 13.9. The van der Waals surface area contributed by atoms with Gasteiger partial charge in [0.05, 0.1) is 10.6 Å². The van der Waals surface area contributed by atoms with Gasteiger partial charge in [-0.2, -0.15) is 0 Å². The van der Waals surface area contributed by atoms with Gasteiger partial charge in [0.2, 0.25) is 0 Å². The van der Waals surface area contributed by atoms with Crippen LogP contribution in [0, 0.1) is 0 Å². The topological polar surface area (TPSA) is 63.2 Å². The lowest BCUT2D eigenvalue weighted by atomic mass is 10.0. The molecule has 150 valence electrons. The third kappa shape index (κ3) is 4.63. The summed E-state index contributed by atoms with van der Waals surface area (Å²) >= 11 is 5.99. The Morgan fingerprint density at radius 1 is 0.966 bits per heavy atom. The summed E-state index contributed by atoms with van der Waals surface area (Å²) < 4.78 is 55.8. The molecule has 3 rings (SSSR count). The van der Waals surface area contributed by atoms with Gasteiger partial charge in [0, 0.05) is 28.6 Å². The van der Waals surface area contributed by atoms with E-state index in [-0.39, 0.29) is 16.3 Å². The number of carbonyl (C=O) groups is 1. The molecule has 8 heteroatoms. The standard InChI is InChI=1S/C21H16ClF2NO3S/c1-21(23,24)17-9-5-6-10-19(17)29(27,28)25-18-12-11-15(22)13-16(18)20(26)14-7-3-2-4-8-14/h2-13,25H,1H3. The number of hydrogen-bond donors (Lipinski definition) is 1. The van der Waals surface area contributed by atoms with Crippen molar-refractivity contribution in [3.05, 3.63) is 94.5 Å². The minimum atomic E-state index is -4.40. The highest BCUT2D eigenvalue weighted by Gasteiger charge is 2.32. The number of anilines is 1. The molecular weight excluding hydrogens is 420 g/mol. The molecule has 3 aromatic carbocycles. The fourth-order valence-electron chi connectivity index (χ4n) is 2.80. The van der Waals surface area contributed by atoms with Crippen molar-refractivity contribution in [3.8, 4) is 0 Å². The predicted molar refractivity (Wildman–Crippen MR) is 108 cm³/mol. The van der Waals surface area contributed by atoms with Crippen LogP contribution in [-0.4, -0.2) is 14.2 Å². The second-order valence-electron chi connectivity index (χ2n) is 6.38. The van der Waals surface area contributed by atoms with Crippen LogP contribution in [0.4, 0.5) is 14.5 Å². The van der Waals surface area contributed by atoms with Crippen LogP contribution in [0.15, 0.2) is 77.7 Å². The normalized spacial score (nSPS) is 11.9. The number of sulfonamides is 1. The molecule has 0 aliphatic heterocycles. The van der Waals surface area contributed by atoms with Crippen LogP contribution >= 0.6 is 11.6 Å². The van der Waals surface area contributed by atoms with Crippen molar-refractivity contribution in [2.45, 2.75) is 17.7 Å². The zero-order valence-electron chi connectivity index (χ0n) is 15.2. The summed E-state index contributed by atoms with van der Waals surface area (Å²) in [5, 5.41) is 0.229. The lowest BCUT2D eigenvalue weighted by Crippen LogP contribution is -2.20. The Morgan fingerprint density at radius 2 is 1.59 bits per heavy atom. The molecule has 1 N–H and O–H groups in total. The van der Waals surface area contributed by atoms with Crippen LogP contribution in [0.25, 0.3) is 0 Å². The smallest absolute Gasteiger partial charge is 0.271 e. The highest BCUT2D eigenvalue weighted by molar-refractivity contribution is 7.92. The van der Waals surface area contributed by atoms with E-state index in [2.05, 4.69) is 4.72 Å². The molecule has 0 heterocycles. The van der Waals surface area contributed by atoms with Gasteiger partial charge in [-0.1, -0.05) is 60.1 Å². The molecule has 0 atom stereocenters. The van der Waals surface area contributed by atoms with Crippen molar-refractivity contribution in [1.82, 2.24) is 0 Å². The van der Waals surface area contributed by atoms with E-state index in [4.69, 9.17) is 11.6 Å². The molecule has 0 spiro atoms. The first-order chi connectivity index (χ1) is 13.6. The molecule has 0 radical (unpaired) electrons. The first-order valence-corrected chi connectivity index (χ1v) is 10.3. The van der Waals surface area contributed by atoms with Gasteiger partial charge in [0.25, 0.3) is 15.9 Å². The van der Waals surface area contributed by atoms with Crippen LogP contribution in [0.1, 0.15) is 28.4 Å². The number of carbonyl (C=O) groups excluding carboxylic acids is 1. The van der Waals surface area contributed by atoms with Crippen molar-refractivity contribution in [2.75, 3.05) is 4.72 Å². The van der Waals surface area contributed by atoms with E-state index in [0.29, 0.717) is 12.5 Å². The van der Waals surface area contributed by atoms with Gasteiger partial charge in [0.1, 0.15) is 0 Å². The van der Waals surface area contributed by atoms with E-state index >= 15 is 0 Å². The summed E-state index contributed by atoms with van der Waals surface area (Å²) in [5.41, 5.74) is -0.362. The largest absolute Gasteiger partial charge is 0.289 e. The Labute approximate surface area is 172 Å². The van der Waals surface area contributed by atoms with E-state index in [0.717, 1.165) is 12.1 Å². The summed E-state index contributed by atoms with van der Waals surface area (Å²) in [5.74, 6) is -3.83. The zero-order chi connectivity index (χ0) is 21.2. The molecule has 0 amide bonds. The summed E-state index contributed by atoms with van der Waals surface area (Å²) in [7, 11) is -4.40. The second kappa shape index (κ2) is 7.93. The molecule has 0 saturated heterocycles. The number of hydrogen-bond acceptors (Lipinski definition) is 3. The van der Waals surface area contributed by atoms with Crippen molar-refractivity contribution in [2.24, 2.45) is 0 Å². The Kier molecular flexibility index (Phi) is 5.73. The van der Waals surface area contributed by atoms with Crippen LogP contribution in [0.3, 0.4) is 0 Å². The third-order valence-electron chi connectivity index (χ3n) is 4.16. The van der Waals surface area contributed by atoms with Crippen LogP contribution in [0.2, 0.25) is 5.02 Å². The molecule has 0 saturated carbocycles. The molecule has 29 heavy (non-hydrogen) atoms. The van der Waals surface area contributed by atoms with Gasteiger partial charge in [0.15, 0.2) is 5.78 Å². The second-order valence-corrected chi connectivity index (χ2v) is 8.46. The number of rotatable bonds is 6. The fraction of sp³-hybridized carbons (Fsp3) is 0.0952. The van der Waals surface area contributed by atoms with Crippen molar-refractivity contribution < 1.29 is 22.0 Å². The lowest BCUT2D eigenvalue weighted by Gasteiger charge is -2.18. The lowest BCUT2D eigenvalue weighted by molar-refractivity contribution is 0.0144. The maximum Gasteiger partial charge on any atom is 0.271 e. The molecule has 0 fully saturated rings. The Morgan fingerprint density at radius 3 is 2.24 bits per heavy atom. The number of halogens is 3. The first-order valence-electron chi connectivity index (χ1n) is 8.49. The number of ketones is 1. The fourth-order valence-corrected chi connectivity index (χ4v) is 4.35. The minimum absolute atomic E-state index is 0.00742. The Hall–Kier alpha value is -2.77. The SMILES string of the molecule is CC(F)(F)c1ccccc1S(=O)(=O)Nc1ccc(Cl)cc1C(=O)c1ccccc1. The van der Waals surface area contributed by atoms with Crippen molar-refractivity contribution in [3.63, 3.8) is 0 Å². The Bertz CT molecular complexity index is 1160. The van der Waals surface area contributed by atoms with E-state index < -0.39 is 32.2 Å². The Balaban J connectivity index is 2.07. The molecule has 0 unspecified atom stereocenters. The van der Waals surface area contributed by atoms with E-state index in [9.17, 15) is 22.0 Å². The highest BCUT2D eigenvalue weighted by atomic mass is 35.5. The van der Waals surface area contributed by atoms with E-state index in [1.165, 1.54) is 30.3 Å². The molecule has 4 nitrogen and oxygen atoms in total. The molecular formula is C21H16ClF2NO3S. The monoisotopic (exact) mass is 435 g/mol. The van der Waals surface area contributed by atoms with Crippen molar-refractivity contribution in [1.29, 1.82) is 0 Å². The van der Waals surface area contributed by atoms with Gasteiger partial charge in [-0.25, -0.2) is 17.2 Å². The van der Waals surface area contributed by atoms with Gasteiger partial charge < -0.3 is 0 Å². The van der Waals surface area contributed by atoms with E-state index in [1.807, 2.05) is 0 Å². The summed E-state index contributed by atoms with van der Waals surface area (Å²) in [4.78, 5) is 12.3. The maximum absolute atomic E-state index is 13.9. The number of benzene rings is 3. The minimum Gasteiger partial charge on any atom is -0.289 e. The molecule has 0 aliphatic carbocycles. The molecule has 0 bridgehead atoms. The number of nitrogens with one attached hydrogen (secondary N) is 1. The zero-order valence-corrected chi connectivity index (χ0v) is 16.8. The van der Waals surface area contributed by atoms with Crippen molar-refractivity contribution >= 4 is 33.1 Å². The van der Waals surface area contributed by atoms with E-state index in [1.54, 1.807) is 30.3 Å².